The second-order valence-electron chi connectivity index (χ2n) is 2.83. The average Bonchev–Trinajstić information content (AvgIpc) is 2.85. The van der Waals surface area contributed by atoms with Gasteiger partial charge in [-0.3, -0.25) is 0 Å². The predicted octanol–water partition coefficient (Wildman–Crippen LogP) is 2.67. The molecule has 1 atom stereocenters. The Bertz CT molecular complexity index is 337. The van der Waals surface area contributed by atoms with E-state index in [9.17, 15) is 4.39 Å². The second kappa shape index (κ2) is 3.27. The highest BCUT2D eigenvalue weighted by Crippen LogP contribution is 2.39. The zero-order valence-electron chi connectivity index (χ0n) is 7.01. The third kappa shape index (κ3) is 1.69. The van der Waals surface area contributed by atoms with Gasteiger partial charge in [-0.1, -0.05) is 15.9 Å². The molecule has 1 fully saturated rings. The lowest BCUT2D eigenvalue weighted by atomic mass is 10.1. The predicted molar refractivity (Wildman–Crippen MR) is 49.3 cm³/mol. The number of hydrogen-bond acceptors (Lipinski definition) is 2. The van der Waals surface area contributed by atoms with E-state index in [1.54, 1.807) is 0 Å². The van der Waals surface area contributed by atoms with Gasteiger partial charge in [0.25, 0.3) is 0 Å². The number of hydrogen-bond donors (Lipinski definition) is 0. The van der Waals surface area contributed by atoms with E-state index in [-0.39, 0.29) is 17.7 Å². The third-order valence-corrected chi connectivity index (χ3v) is 2.38. The van der Waals surface area contributed by atoms with E-state index < -0.39 is 0 Å². The van der Waals surface area contributed by atoms with Gasteiger partial charge in [-0.2, -0.15) is 0 Å². The molecule has 0 aliphatic carbocycles. The van der Waals surface area contributed by atoms with Crippen molar-refractivity contribution in [1.29, 1.82) is 0 Å². The van der Waals surface area contributed by atoms with Crippen molar-refractivity contribution in [3.63, 3.8) is 0 Å². The van der Waals surface area contributed by atoms with Crippen molar-refractivity contribution in [3.8, 4) is 5.75 Å². The maximum Gasteiger partial charge on any atom is 0.166 e. The number of halogens is 2. The van der Waals surface area contributed by atoms with E-state index in [4.69, 9.17) is 9.47 Å². The molecule has 2 nitrogen and oxygen atoms in total. The van der Waals surface area contributed by atoms with Crippen LogP contribution in [-0.2, 0) is 4.74 Å². The van der Waals surface area contributed by atoms with Crippen molar-refractivity contribution < 1.29 is 13.9 Å². The van der Waals surface area contributed by atoms with Crippen molar-refractivity contribution in [1.82, 2.24) is 0 Å². The Morgan fingerprint density at radius 3 is 2.85 bits per heavy atom. The van der Waals surface area contributed by atoms with E-state index in [2.05, 4.69) is 15.9 Å². The van der Waals surface area contributed by atoms with Crippen molar-refractivity contribution in [3.05, 3.63) is 28.0 Å². The van der Waals surface area contributed by atoms with Gasteiger partial charge in [0.15, 0.2) is 11.6 Å². The normalized spacial score (nSPS) is 20.1. The number of methoxy groups -OCH3 is 1. The zero-order chi connectivity index (χ0) is 9.42. The van der Waals surface area contributed by atoms with Gasteiger partial charge in [-0.05, 0) is 12.1 Å². The molecular formula is C9H8BrFO2. The summed E-state index contributed by atoms with van der Waals surface area (Å²) in [4.78, 5) is 0. The highest BCUT2D eigenvalue weighted by Gasteiger charge is 2.29. The van der Waals surface area contributed by atoms with Gasteiger partial charge in [0.05, 0.1) is 13.7 Å². The zero-order valence-corrected chi connectivity index (χ0v) is 8.60. The molecule has 0 spiro atoms. The maximum atomic E-state index is 13.3. The van der Waals surface area contributed by atoms with Crippen LogP contribution in [0, 0.1) is 5.82 Å². The fourth-order valence-corrected chi connectivity index (χ4v) is 1.71. The molecule has 1 saturated heterocycles. The molecule has 0 radical (unpaired) electrons. The summed E-state index contributed by atoms with van der Waals surface area (Å²) in [5, 5.41) is 0. The van der Waals surface area contributed by atoms with E-state index >= 15 is 0 Å². The maximum absolute atomic E-state index is 13.3. The molecule has 1 aliphatic heterocycles. The SMILES string of the molecule is COc1c(F)cc(Br)cc1C1CO1. The summed E-state index contributed by atoms with van der Waals surface area (Å²) < 4.78 is 24.0. The first-order chi connectivity index (χ1) is 6.22. The van der Waals surface area contributed by atoms with Crippen LogP contribution in [0.4, 0.5) is 4.39 Å². The van der Waals surface area contributed by atoms with Crippen LogP contribution in [-0.4, -0.2) is 13.7 Å². The van der Waals surface area contributed by atoms with Gasteiger partial charge in [0.2, 0.25) is 0 Å². The molecule has 0 amide bonds. The quantitative estimate of drug-likeness (QED) is 0.749. The molecular weight excluding hydrogens is 239 g/mol. The summed E-state index contributed by atoms with van der Waals surface area (Å²) in [6.07, 6.45) is 0.00181. The molecule has 4 heteroatoms. The molecule has 70 valence electrons. The van der Waals surface area contributed by atoms with E-state index in [0.29, 0.717) is 11.1 Å². The molecule has 13 heavy (non-hydrogen) atoms. The summed E-state index contributed by atoms with van der Waals surface area (Å²) in [5.41, 5.74) is 0.773. The number of ether oxygens (including phenoxy) is 2. The molecule has 1 aromatic carbocycles. The minimum Gasteiger partial charge on any atom is -0.493 e. The topological polar surface area (TPSA) is 21.8 Å². The molecule has 0 bridgehead atoms. The summed E-state index contributed by atoms with van der Waals surface area (Å²) in [5.74, 6) is -0.0759. The summed E-state index contributed by atoms with van der Waals surface area (Å²) in [6.45, 7) is 0.645. The van der Waals surface area contributed by atoms with Gasteiger partial charge in [-0.15, -0.1) is 0 Å². The van der Waals surface area contributed by atoms with E-state index in [1.165, 1.54) is 13.2 Å². The first-order valence-corrected chi connectivity index (χ1v) is 4.66. The van der Waals surface area contributed by atoms with Crippen molar-refractivity contribution >= 4 is 15.9 Å². The molecule has 0 saturated carbocycles. The van der Waals surface area contributed by atoms with Crippen molar-refractivity contribution in [2.45, 2.75) is 6.10 Å². The summed E-state index contributed by atoms with van der Waals surface area (Å²) in [7, 11) is 1.46. The van der Waals surface area contributed by atoms with Gasteiger partial charge in [-0.25, -0.2) is 4.39 Å². The second-order valence-corrected chi connectivity index (χ2v) is 3.75. The molecule has 0 N–H and O–H groups in total. The van der Waals surface area contributed by atoms with Gasteiger partial charge in [0.1, 0.15) is 6.10 Å². The van der Waals surface area contributed by atoms with Gasteiger partial charge < -0.3 is 9.47 Å². The fourth-order valence-electron chi connectivity index (χ4n) is 1.26. The molecule has 0 aromatic heterocycles. The molecule has 1 unspecified atom stereocenters. The number of rotatable bonds is 2. The Morgan fingerprint density at radius 1 is 1.62 bits per heavy atom. The summed E-state index contributed by atoms with van der Waals surface area (Å²) in [6, 6.07) is 3.20. The standard InChI is InChI=1S/C9H8BrFO2/c1-12-9-6(8-4-13-8)2-5(10)3-7(9)11/h2-3,8H,4H2,1H3. The average molecular weight is 247 g/mol. The Morgan fingerprint density at radius 2 is 2.31 bits per heavy atom. The number of epoxide rings is 1. The largest absolute Gasteiger partial charge is 0.493 e. The minimum absolute atomic E-state index is 0.00181. The molecule has 2 rings (SSSR count). The van der Waals surface area contributed by atoms with E-state index in [0.717, 1.165) is 5.56 Å². The Hall–Kier alpha value is -0.610. The van der Waals surface area contributed by atoms with Crippen LogP contribution < -0.4 is 4.74 Å². The lowest BCUT2D eigenvalue weighted by molar-refractivity contribution is 0.364. The highest BCUT2D eigenvalue weighted by atomic mass is 79.9. The molecule has 1 aromatic rings. The van der Waals surface area contributed by atoms with Crippen LogP contribution in [0.5, 0.6) is 5.75 Å². The Balaban J connectivity index is 2.50. The lowest BCUT2D eigenvalue weighted by Gasteiger charge is -2.07. The smallest absolute Gasteiger partial charge is 0.166 e. The molecule has 1 aliphatic rings. The van der Waals surface area contributed by atoms with Crippen LogP contribution in [0.2, 0.25) is 0 Å². The Kier molecular flexibility index (Phi) is 2.26. The highest BCUT2D eigenvalue weighted by molar-refractivity contribution is 9.10. The van der Waals surface area contributed by atoms with Crippen LogP contribution in [0.1, 0.15) is 11.7 Å². The van der Waals surface area contributed by atoms with Crippen LogP contribution in [0.3, 0.4) is 0 Å². The van der Waals surface area contributed by atoms with E-state index in [1.807, 2.05) is 6.07 Å². The third-order valence-electron chi connectivity index (χ3n) is 1.92. The van der Waals surface area contributed by atoms with Crippen LogP contribution in [0.25, 0.3) is 0 Å². The lowest BCUT2D eigenvalue weighted by Crippen LogP contribution is -1.94. The van der Waals surface area contributed by atoms with Crippen LogP contribution >= 0.6 is 15.9 Å². The minimum atomic E-state index is -0.359. The first-order valence-electron chi connectivity index (χ1n) is 3.87. The fraction of sp³-hybridized carbons (Fsp3) is 0.333. The first kappa shape index (κ1) is 8.97. The summed E-state index contributed by atoms with van der Waals surface area (Å²) >= 11 is 3.22. The Labute approximate surface area is 83.8 Å². The van der Waals surface area contributed by atoms with Crippen molar-refractivity contribution in [2.24, 2.45) is 0 Å². The van der Waals surface area contributed by atoms with Gasteiger partial charge >= 0.3 is 0 Å². The number of benzene rings is 1. The van der Waals surface area contributed by atoms with Crippen molar-refractivity contribution in [2.75, 3.05) is 13.7 Å². The monoisotopic (exact) mass is 246 g/mol. The van der Waals surface area contributed by atoms with Crippen LogP contribution in [0.15, 0.2) is 16.6 Å². The van der Waals surface area contributed by atoms with Gasteiger partial charge in [0, 0.05) is 10.0 Å². The molecule has 1 heterocycles.